The fourth-order valence-electron chi connectivity index (χ4n) is 1.58. The van der Waals surface area contributed by atoms with E-state index in [-0.39, 0.29) is 7.43 Å². The van der Waals surface area contributed by atoms with E-state index in [1.165, 1.54) is 11.1 Å². The van der Waals surface area contributed by atoms with E-state index in [0.29, 0.717) is 0 Å². The molecule has 0 aliphatic heterocycles. The van der Waals surface area contributed by atoms with Crippen molar-refractivity contribution in [3.8, 4) is 0 Å². The molecule has 0 heteroatoms. The molecule has 0 fully saturated rings. The minimum absolute atomic E-state index is 0. The highest BCUT2D eigenvalue weighted by atomic mass is 14.0. The summed E-state index contributed by atoms with van der Waals surface area (Å²) in [5.41, 5.74) is 2.83. The Kier molecular flexibility index (Phi) is 4.62. The van der Waals surface area contributed by atoms with E-state index in [1.54, 1.807) is 0 Å². The number of benzene rings is 2. The highest BCUT2D eigenvalue weighted by Gasteiger charge is 1.93. The van der Waals surface area contributed by atoms with Crippen LogP contribution in [0.3, 0.4) is 0 Å². The SMILES string of the molecule is C.c1ccc(CCc2ccccc2)cc1. The van der Waals surface area contributed by atoms with Crippen LogP contribution in [0, 0.1) is 0 Å². The van der Waals surface area contributed by atoms with Gasteiger partial charge < -0.3 is 0 Å². The molecular formula is C15H18. The van der Waals surface area contributed by atoms with Crippen LogP contribution >= 0.6 is 0 Å². The van der Waals surface area contributed by atoms with Crippen LogP contribution in [-0.2, 0) is 12.8 Å². The highest BCUT2D eigenvalue weighted by Crippen LogP contribution is 2.06. The number of hydrogen-bond donors (Lipinski definition) is 0. The van der Waals surface area contributed by atoms with Crippen molar-refractivity contribution in [3.05, 3.63) is 71.8 Å². The molecule has 0 heterocycles. The van der Waals surface area contributed by atoms with Crippen LogP contribution < -0.4 is 0 Å². The van der Waals surface area contributed by atoms with Crippen molar-refractivity contribution >= 4 is 0 Å². The van der Waals surface area contributed by atoms with Gasteiger partial charge in [0.1, 0.15) is 0 Å². The second-order valence-electron chi connectivity index (χ2n) is 3.47. The van der Waals surface area contributed by atoms with Gasteiger partial charge in [-0.1, -0.05) is 68.1 Å². The van der Waals surface area contributed by atoms with Crippen LogP contribution in [0.1, 0.15) is 18.6 Å². The van der Waals surface area contributed by atoms with Gasteiger partial charge in [0, 0.05) is 0 Å². The molecule has 2 aromatic carbocycles. The van der Waals surface area contributed by atoms with Crippen LogP contribution in [-0.4, -0.2) is 0 Å². The first kappa shape index (κ1) is 11.5. The fourth-order valence-corrected chi connectivity index (χ4v) is 1.58. The second-order valence-corrected chi connectivity index (χ2v) is 3.47. The molecule has 0 spiro atoms. The lowest BCUT2D eigenvalue weighted by molar-refractivity contribution is 0.960. The average Bonchev–Trinajstić information content (AvgIpc) is 2.29. The van der Waals surface area contributed by atoms with E-state index in [0.717, 1.165) is 12.8 Å². The quantitative estimate of drug-likeness (QED) is 0.696. The fraction of sp³-hybridized carbons (Fsp3) is 0.200. The minimum atomic E-state index is 0. The van der Waals surface area contributed by atoms with Gasteiger partial charge in [-0.25, -0.2) is 0 Å². The smallest absolute Gasteiger partial charge is 0.0238 e. The van der Waals surface area contributed by atoms with Crippen LogP contribution in [0.4, 0.5) is 0 Å². The van der Waals surface area contributed by atoms with E-state index in [4.69, 9.17) is 0 Å². The Hall–Kier alpha value is -1.56. The van der Waals surface area contributed by atoms with Crippen LogP contribution in [0.15, 0.2) is 60.7 Å². The summed E-state index contributed by atoms with van der Waals surface area (Å²) in [6, 6.07) is 21.2. The summed E-state index contributed by atoms with van der Waals surface area (Å²) in [4.78, 5) is 0. The van der Waals surface area contributed by atoms with E-state index in [2.05, 4.69) is 60.7 Å². The van der Waals surface area contributed by atoms with Gasteiger partial charge in [0.25, 0.3) is 0 Å². The van der Waals surface area contributed by atoms with Gasteiger partial charge in [-0.2, -0.15) is 0 Å². The summed E-state index contributed by atoms with van der Waals surface area (Å²) in [5, 5.41) is 0. The van der Waals surface area contributed by atoms with Crippen molar-refractivity contribution in [2.75, 3.05) is 0 Å². The molecule has 2 rings (SSSR count). The molecular weight excluding hydrogens is 180 g/mol. The zero-order valence-electron chi connectivity index (χ0n) is 8.19. The number of aryl methyl sites for hydroxylation is 2. The van der Waals surface area contributed by atoms with Gasteiger partial charge in [0.15, 0.2) is 0 Å². The summed E-state index contributed by atoms with van der Waals surface area (Å²) in [7, 11) is 0. The third kappa shape index (κ3) is 3.59. The lowest BCUT2D eigenvalue weighted by Gasteiger charge is -2.01. The molecule has 0 N–H and O–H groups in total. The molecule has 0 amide bonds. The lowest BCUT2D eigenvalue weighted by atomic mass is 10.0. The summed E-state index contributed by atoms with van der Waals surface area (Å²) < 4.78 is 0. The zero-order valence-corrected chi connectivity index (χ0v) is 8.19. The molecule has 2 aromatic rings. The van der Waals surface area contributed by atoms with Gasteiger partial charge in [0.2, 0.25) is 0 Å². The first-order valence-electron chi connectivity index (χ1n) is 5.03. The zero-order chi connectivity index (χ0) is 9.64. The molecule has 15 heavy (non-hydrogen) atoms. The van der Waals surface area contributed by atoms with Gasteiger partial charge in [-0.15, -0.1) is 0 Å². The first-order valence-corrected chi connectivity index (χ1v) is 5.03. The molecule has 0 saturated carbocycles. The first-order chi connectivity index (χ1) is 6.95. The van der Waals surface area contributed by atoms with Gasteiger partial charge >= 0.3 is 0 Å². The largest absolute Gasteiger partial charge is 0.0776 e. The minimum Gasteiger partial charge on any atom is -0.0776 e. The predicted octanol–water partition coefficient (Wildman–Crippen LogP) is 4.11. The van der Waals surface area contributed by atoms with Crippen molar-refractivity contribution in [3.63, 3.8) is 0 Å². The number of hydrogen-bond acceptors (Lipinski definition) is 0. The van der Waals surface area contributed by atoms with Gasteiger partial charge in [-0.3, -0.25) is 0 Å². The Bertz CT molecular complexity index is 322. The summed E-state index contributed by atoms with van der Waals surface area (Å²) in [6.07, 6.45) is 2.26. The third-order valence-electron chi connectivity index (χ3n) is 2.39. The number of rotatable bonds is 3. The van der Waals surface area contributed by atoms with E-state index in [9.17, 15) is 0 Å². The monoisotopic (exact) mass is 198 g/mol. The van der Waals surface area contributed by atoms with E-state index >= 15 is 0 Å². The van der Waals surface area contributed by atoms with Crippen molar-refractivity contribution in [1.29, 1.82) is 0 Å². The Balaban J connectivity index is 0.00000112. The molecule has 0 nitrogen and oxygen atoms in total. The standard InChI is InChI=1S/C14H14.CH4/c1-3-7-13(8-4-1)11-12-14-9-5-2-6-10-14;/h1-10H,11-12H2;1H4. The molecule has 0 bridgehead atoms. The van der Waals surface area contributed by atoms with Crippen molar-refractivity contribution in [2.45, 2.75) is 20.3 Å². The maximum atomic E-state index is 2.18. The summed E-state index contributed by atoms with van der Waals surface area (Å²) >= 11 is 0. The maximum absolute atomic E-state index is 2.18. The second kappa shape index (κ2) is 6.02. The highest BCUT2D eigenvalue weighted by molar-refractivity contribution is 5.19. The molecule has 0 aliphatic carbocycles. The topological polar surface area (TPSA) is 0 Å². The van der Waals surface area contributed by atoms with Crippen molar-refractivity contribution < 1.29 is 0 Å². The molecule has 0 atom stereocenters. The molecule has 0 aliphatic rings. The molecule has 0 radical (unpaired) electrons. The maximum Gasteiger partial charge on any atom is -0.0238 e. The van der Waals surface area contributed by atoms with Gasteiger partial charge in [0.05, 0.1) is 0 Å². The summed E-state index contributed by atoms with van der Waals surface area (Å²) in [6.45, 7) is 0. The Morgan fingerprint density at radius 3 is 1.20 bits per heavy atom. The van der Waals surface area contributed by atoms with Crippen LogP contribution in [0.2, 0.25) is 0 Å². The van der Waals surface area contributed by atoms with Crippen LogP contribution in [0.25, 0.3) is 0 Å². The summed E-state index contributed by atoms with van der Waals surface area (Å²) in [5.74, 6) is 0. The molecule has 0 saturated heterocycles. The Morgan fingerprint density at radius 2 is 0.867 bits per heavy atom. The van der Waals surface area contributed by atoms with E-state index < -0.39 is 0 Å². The Morgan fingerprint density at radius 1 is 0.533 bits per heavy atom. The molecule has 0 aromatic heterocycles. The van der Waals surface area contributed by atoms with E-state index in [1.807, 2.05) is 0 Å². The van der Waals surface area contributed by atoms with Crippen LogP contribution in [0.5, 0.6) is 0 Å². The third-order valence-corrected chi connectivity index (χ3v) is 2.39. The normalized spacial score (nSPS) is 9.33. The average molecular weight is 198 g/mol. The predicted molar refractivity (Wildman–Crippen MR) is 67.0 cm³/mol. The van der Waals surface area contributed by atoms with Crippen molar-refractivity contribution in [1.82, 2.24) is 0 Å². The molecule has 78 valence electrons. The molecule has 0 unspecified atom stereocenters. The Labute approximate surface area is 92.6 Å². The van der Waals surface area contributed by atoms with Gasteiger partial charge in [-0.05, 0) is 24.0 Å². The van der Waals surface area contributed by atoms with Crippen molar-refractivity contribution in [2.24, 2.45) is 0 Å². The lowest BCUT2D eigenvalue weighted by Crippen LogP contribution is -1.89.